The first-order valence-corrected chi connectivity index (χ1v) is 7.26. The van der Waals surface area contributed by atoms with Crippen LogP contribution in [0.1, 0.15) is 25.7 Å². The number of halogens is 3. The molecule has 2 unspecified atom stereocenters. The van der Waals surface area contributed by atoms with Gasteiger partial charge in [-0.05, 0) is 54.0 Å². The van der Waals surface area contributed by atoms with Crippen molar-refractivity contribution in [3.05, 3.63) is 27.3 Å². The highest BCUT2D eigenvalue weighted by Gasteiger charge is 2.25. The second-order valence-electron chi connectivity index (χ2n) is 4.87. The molecule has 1 amide bonds. The van der Waals surface area contributed by atoms with Gasteiger partial charge >= 0.3 is 0 Å². The number of amides is 1. The monoisotopic (exact) mass is 380 g/mol. The van der Waals surface area contributed by atoms with Crippen molar-refractivity contribution < 1.29 is 13.6 Å². The molecule has 3 nitrogen and oxygen atoms in total. The van der Waals surface area contributed by atoms with Crippen molar-refractivity contribution in [3.8, 4) is 0 Å². The molecule has 1 fully saturated rings. The molecular weight excluding hydrogens is 365 g/mol. The Kier molecular flexibility index (Phi) is 4.72. The predicted molar refractivity (Wildman–Crippen MR) is 77.6 cm³/mol. The number of anilines is 1. The Morgan fingerprint density at radius 2 is 1.95 bits per heavy atom. The number of nitrogens with two attached hydrogens (primary N) is 1. The van der Waals surface area contributed by atoms with Crippen LogP contribution in [0.5, 0.6) is 0 Å². The molecular formula is C13H15F2IN2O. The van der Waals surface area contributed by atoms with Gasteiger partial charge in [0, 0.05) is 17.6 Å². The van der Waals surface area contributed by atoms with E-state index in [2.05, 4.69) is 5.32 Å². The van der Waals surface area contributed by atoms with Crippen LogP contribution in [0.4, 0.5) is 14.5 Å². The first kappa shape index (κ1) is 14.6. The molecule has 2 rings (SSSR count). The summed E-state index contributed by atoms with van der Waals surface area (Å²) in [6.45, 7) is 0. The van der Waals surface area contributed by atoms with E-state index in [-0.39, 0.29) is 27.1 Å². The van der Waals surface area contributed by atoms with Gasteiger partial charge in [0.25, 0.3) is 0 Å². The van der Waals surface area contributed by atoms with Gasteiger partial charge in [-0.2, -0.15) is 0 Å². The second kappa shape index (κ2) is 6.13. The number of carbonyl (C=O) groups excluding carboxylic acids is 1. The van der Waals surface area contributed by atoms with Gasteiger partial charge in [0.05, 0.1) is 3.57 Å². The van der Waals surface area contributed by atoms with E-state index in [1.54, 1.807) is 22.6 Å². The number of nitrogens with one attached hydrogen (secondary N) is 1. The summed E-state index contributed by atoms with van der Waals surface area (Å²) >= 11 is 1.59. The summed E-state index contributed by atoms with van der Waals surface area (Å²) in [6, 6.07) is 2.30. The highest BCUT2D eigenvalue weighted by atomic mass is 127. The van der Waals surface area contributed by atoms with E-state index in [0.29, 0.717) is 6.42 Å². The molecule has 104 valence electrons. The van der Waals surface area contributed by atoms with Crippen molar-refractivity contribution in [1.82, 2.24) is 0 Å². The maximum absolute atomic E-state index is 13.4. The summed E-state index contributed by atoms with van der Waals surface area (Å²) < 4.78 is 26.7. The van der Waals surface area contributed by atoms with Gasteiger partial charge in [-0.25, -0.2) is 8.78 Å². The number of hydrogen-bond donors (Lipinski definition) is 2. The van der Waals surface area contributed by atoms with E-state index in [1.807, 2.05) is 0 Å². The summed E-state index contributed by atoms with van der Waals surface area (Å²) in [4.78, 5) is 12.0. The minimum atomic E-state index is -0.670. The lowest BCUT2D eigenvalue weighted by Gasteiger charge is -2.25. The summed E-state index contributed by atoms with van der Waals surface area (Å²) in [7, 11) is 0. The summed E-state index contributed by atoms with van der Waals surface area (Å²) in [5, 5.41) is 2.56. The van der Waals surface area contributed by atoms with E-state index in [1.165, 1.54) is 0 Å². The van der Waals surface area contributed by atoms with E-state index in [0.717, 1.165) is 31.4 Å². The van der Waals surface area contributed by atoms with Crippen LogP contribution in [0.3, 0.4) is 0 Å². The van der Waals surface area contributed by atoms with E-state index in [4.69, 9.17) is 5.73 Å². The number of hydrogen-bond acceptors (Lipinski definition) is 2. The van der Waals surface area contributed by atoms with Crippen LogP contribution in [-0.4, -0.2) is 11.9 Å². The van der Waals surface area contributed by atoms with Gasteiger partial charge in [0.2, 0.25) is 5.91 Å². The zero-order chi connectivity index (χ0) is 14.0. The molecule has 3 N–H and O–H groups in total. The molecule has 0 aliphatic heterocycles. The summed E-state index contributed by atoms with van der Waals surface area (Å²) in [5.74, 6) is -1.73. The van der Waals surface area contributed by atoms with Crippen molar-refractivity contribution >= 4 is 34.2 Å². The van der Waals surface area contributed by atoms with Gasteiger partial charge in [0.15, 0.2) is 0 Å². The van der Waals surface area contributed by atoms with Crippen LogP contribution < -0.4 is 11.1 Å². The topological polar surface area (TPSA) is 55.1 Å². The lowest BCUT2D eigenvalue weighted by molar-refractivity contribution is -0.120. The van der Waals surface area contributed by atoms with Crippen LogP contribution >= 0.6 is 22.6 Å². The minimum Gasteiger partial charge on any atom is -0.328 e. The van der Waals surface area contributed by atoms with Gasteiger partial charge in [-0.3, -0.25) is 4.79 Å². The molecule has 0 radical (unpaired) electrons. The smallest absolute Gasteiger partial charge is 0.227 e. The Morgan fingerprint density at radius 1 is 1.32 bits per heavy atom. The maximum Gasteiger partial charge on any atom is 0.227 e. The molecule has 0 bridgehead atoms. The van der Waals surface area contributed by atoms with Crippen molar-refractivity contribution in [2.24, 2.45) is 11.7 Å². The standard InChI is InChI=1S/C13H15F2IN2O/c14-10-5-9(6-11(15)12(10)16)18-13(19)7-2-1-3-8(17)4-7/h5-8H,1-4,17H2,(H,18,19). The van der Waals surface area contributed by atoms with E-state index in [9.17, 15) is 13.6 Å². The Labute approximate surface area is 124 Å². The van der Waals surface area contributed by atoms with Crippen molar-refractivity contribution in [3.63, 3.8) is 0 Å². The zero-order valence-electron chi connectivity index (χ0n) is 10.3. The molecule has 0 saturated heterocycles. The first-order valence-electron chi connectivity index (χ1n) is 6.18. The van der Waals surface area contributed by atoms with Crippen LogP contribution in [0.15, 0.2) is 12.1 Å². The third-order valence-electron chi connectivity index (χ3n) is 3.34. The lowest BCUT2D eigenvalue weighted by atomic mass is 9.85. The van der Waals surface area contributed by atoms with E-state index >= 15 is 0 Å². The van der Waals surface area contributed by atoms with Gasteiger partial charge < -0.3 is 11.1 Å². The number of rotatable bonds is 2. The highest BCUT2D eigenvalue weighted by molar-refractivity contribution is 14.1. The highest BCUT2D eigenvalue weighted by Crippen LogP contribution is 2.26. The SMILES string of the molecule is NC1CCCC(C(=O)Nc2cc(F)c(I)c(F)c2)C1. The molecule has 1 aromatic rings. The normalized spacial score (nSPS) is 23.2. The molecule has 1 aromatic carbocycles. The Bertz CT molecular complexity index is 473. The van der Waals surface area contributed by atoms with Gasteiger partial charge in [-0.15, -0.1) is 0 Å². The van der Waals surface area contributed by atoms with E-state index < -0.39 is 11.6 Å². The Morgan fingerprint density at radius 3 is 2.53 bits per heavy atom. The van der Waals surface area contributed by atoms with Gasteiger partial charge in [-0.1, -0.05) is 6.42 Å². The average Bonchev–Trinajstić information content (AvgIpc) is 2.36. The molecule has 0 heterocycles. The van der Waals surface area contributed by atoms with Crippen molar-refractivity contribution in [2.75, 3.05) is 5.32 Å². The third-order valence-corrected chi connectivity index (χ3v) is 4.37. The second-order valence-corrected chi connectivity index (χ2v) is 5.95. The van der Waals surface area contributed by atoms with Crippen LogP contribution in [0.2, 0.25) is 0 Å². The minimum absolute atomic E-state index is 0.0368. The fourth-order valence-electron chi connectivity index (χ4n) is 2.34. The van der Waals surface area contributed by atoms with Crippen LogP contribution in [0, 0.1) is 21.1 Å². The fraction of sp³-hybridized carbons (Fsp3) is 0.462. The molecule has 1 saturated carbocycles. The first-order chi connectivity index (χ1) is 8.97. The zero-order valence-corrected chi connectivity index (χ0v) is 12.4. The average molecular weight is 380 g/mol. The third kappa shape index (κ3) is 3.62. The fourth-order valence-corrected chi connectivity index (χ4v) is 2.65. The quantitative estimate of drug-likeness (QED) is 0.612. The molecule has 2 atom stereocenters. The predicted octanol–water partition coefficient (Wildman–Crippen LogP) is 3.03. The Balaban J connectivity index is 2.06. The van der Waals surface area contributed by atoms with Crippen molar-refractivity contribution in [2.45, 2.75) is 31.7 Å². The molecule has 19 heavy (non-hydrogen) atoms. The molecule has 1 aliphatic carbocycles. The number of benzene rings is 1. The number of carbonyl (C=O) groups is 1. The maximum atomic E-state index is 13.4. The molecule has 0 aromatic heterocycles. The van der Waals surface area contributed by atoms with Gasteiger partial charge in [0.1, 0.15) is 11.6 Å². The van der Waals surface area contributed by atoms with Crippen LogP contribution in [-0.2, 0) is 4.79 Å². The lowest BCUT2D eigenvalue weighted by Crippen LogP contribution is -2.34. The summed E-state index contributed by atoms with van der Waals surface area (Å²) in [6.07, 6.45) is 3.24. The van der Waals surface area contributed by atoms with Crippen molar-refractivity contribution in [1.29, 1.82) is 0 Å². The molecule has 6 heteroatoms. The van der Waals surface area contributed by atoms with Crippen LogP contribution in [0.25, 0.3) is 0 Å². The molecule has 1 aliphatic rings. The largest absolute Gasteiger partial charge is 0.328 e. The summed E-state index contributed by atoms with van der Waals surface area (Å²) in [5.41, 5.74) is 5.98. The molecule has 0 spiro atoms. The Hall–Kier alpha value is -0.760.